The third-order valence-corrected chi connectivity index (χ3v) is 2.00. The van der Waals surface area contributed by atoms with E-state index in [1.165, 1.54) is 18.4 Å². The zero-order valence-electron chi connectivity index (χ0n) is 9.36. The van der Waals surface area contributed by atoms with Crippen LogP contribution in [0, 0.1) is 11.3 Å². The zero-order chi connectivity index (χ0) is 11.7. The monoisotopic (exact) mass is 208 g/mol. The van der Waals surface area contributed by atoms with Gasteiger partial charge in [0, 0.05) is 6.20 Å². The van der Waals surface area contributed by atoms with Crippen molar-refractivity contribution in [2.75, 3.05) is 6.54 Å². The van der Waals surface area contributed by atoms with E-state index in [4.69, 9.17) is 0 Å². The second-order valence-corrected chi connectivity index (χ2v) is 4.27. The molecule has 0 radical (unpaired) electrons. The van der Waals surface area contributed by atoms with Crippen LogP contribution in [0.25, 0.3) is 0 Å². The topological polar surface area (TPSA) is 58.9 Å². The fourth-order valence-corrected chi connectivity index (χ4v) is 1.49. The number of aliphatic imine (C=N–C) groups is 2. The van der Waals surface area contributed by atoms with Crippen LogP contribution in [0.15, 0.2) is 22.3 Å². The highest BCUT2D eigenvalue weighted by Crippen LogP contribution is 2.27. The SMILES string of the molecule is CC(CN=C=O)CC(C)(C)/C=C/N=C=O. The molecular formula is C11H16N2O2. The van der Waals surface area contributed by atoms with Crippen LogP contribution in [0.3, 0.4) is 0 Å². The van der Waals surface area contributed by atoms with E-state index in [1.807, 2.05) is 26.8 Å². The van der Waals surface area contributed by atoms with E-state index in [0.717, 1.165) is 6.42 Å². The fourth-order valence-electron chi connectivity index (χ4n) is 1.49. The number of nitrogens with zero attached hydrogens (tertiary/aromatic N) is 2. The van der Waals surface area contributed by atoms with Gasteiger partial charge in [-0.15, -0.1) is 0 Å². The van der Waals surface area contributed by atoms with Gasteiger partial charge in [-0.05, 0) is 17.8 Å². The minimum Gasteiger partial charge on any atom is -0.211 e. The van der Waals surface area contributed by atoms with Crippen molar-refractivity contribution in [1.29, 1.82) is 0 Å². The smallest absolute Gasteiger partial charge is 0.211 e. The molecule has 0 aromatic heterocycles. The lowest BCUT2D eigenvalue weighted by Crippen LogP contribution is -2.14. The van der Waals surface area contributed by atoms with Crippen LogP contribution in [-0.4, -0.2) is 18.7 Å². The molecule has 15 heavy (non-hydrogen) atoms. The summed E-state index contributed by atoms with van der Waals surface area (Å²) in [5.74, 6) is 0.298. The van der Waals surface area contributed by atoms with Gasteiger partial charge in [-0.1, -0.05) is 26.8 Å². The normalized spacial score (nSPS) is 13.0. The van der Waals surface area contributed by atoms with Crippen molar-refractivity contribution in [1.82, 2.24) is 0 Å². The van der Waals surface area contributed by atoms with E-state index in [-0.39, 0.29) is 5.41 Å². The fraction of sp³-hybridized carbons (Fsp3) is 0.636. The molecule has 0 amide bonds. The lowest BCUT2D eigenvalue weighted by atomic mass is 9.83. The first kappa shape index (κ1) is 13.5. The van der Waals surface area contributed by atoms with Crippen LogP contribution >= 0.6 is 0 Å². The molecule has 0 saturated carbocycles. The molecule has 0 aromatic rings. The number of rotatable bonds is 6. The Bertz CT molecular complexity index is 309. The summed E-state index contributed by atoms with van der Waals surface area (Å²) in [6.07, 6.45) is 7.13. The summed E-state index contributed by atoms with van der Waals surface area (Å²) in [7, 11) is 0. The van der Waals surface area contributed by atoms with Crippen LogP contribution in [0.1, 0.15) is 27.2 Å². The average molecular weight is 208 g/mol. The van der Waals surface area contributed by atoms with Crippen molar-refractivity contribution >= 4 is 12.2 Å². The van der Waals surface area contributed by atoms with Gasteiger partial charge in [0.05, 0.1) is 6.54 Å². The number of allylic oxidation sites excluding steroid dienone is 1. The third-order valence-electron chi connectivity index (χ3n) is 2.00. The first-order chi connectivity index (χ1) is 7.02. The van der Waals surface area contributed by atoms with Crippen molar-refractivity contribution in [3.8, 4) is 0 Å². The van der Waals surface area contributed by atoms with E-state index in [9.17, 15) is 9.59 Å². The maximum absolute atomic E-state index is 9.92. The van der Waals surface area contributed by atoms with E-state index in [0.29, 0.717) is 12.5 Å². The molecule has 0 fully saturated rings. The van der Waals surface area contributed by atoms with Gasteiger partial charge in [0.25, 0.3) is 0 Å². The molecule has 0 bridgehead atoms. The molecule has 0 N–H and O–H groups in total. The molecule has 4 nitrogen and oxygen atoms in total. The van der Waals surface area contributed by atoms with Crippen LogP contribution < -0.4 is 0 Å². The van der Waals surface area contributed by atoms with Gasteiger partial charge in [-0.2, -0.15) is 4.99 Å². The molecule has 0 saturated heterocycles. The van der Waals surface area contributed by atoms with Gasteiger partial charge in [0.1, 0.15) is 0 Å². The molecule has 4 heteroatoms. The largest absolute Gasteiger partial charge is 0.239 e. The molecule has 82 valence electrons. The lowest BCUT2D eigenvalue weighted by Gasteiger charge is -2.22. The van der Waals surface area contributed by atoms with Crippen molar-refractivity contribution in [3.63, 3.8) is 0 Å². The third kappa shape index (κ3) is 7.56. The minimum absolute atomic E-state index is 0.0713. The van der Waals surface area contributed by atoms with Crippen LogP contribution in [-0.2, 0) is 9.59 Å². The summed E-state index contributed by atoms with van der Waals surface area (Å²) >= 11 is 0. The lowest BCUT2D eigenvalue weighted by molar-refractivity contribution is 0.354. The molecule has 0 rings (SSSR count). The van der Waals surface area contributed by atoms with Gasteiger partial charge in [-0.3, -0.25) is 0 Å². The molecule has 1 unspecified atom stereocenters. The summed E-state index contributed by atoms with van der Waals surface area (Å²) in [6.45, 7) is 6.56. The molecule has 0 aromatic carbocycles. The summed E-state index contributed by atoms with van der Waals surface area (Å²) in [5, 5.41) is 0. The average Bonchev–Trinajstić information content (AvgIpc) is 2.14. The Morgan fingerprint density at radius 3 is 2.53 bits per heavy atom. The number of isocyanates is 2. The van der Waals surface area contributed by atoms with Crippen LogP contribution in [0.2, 0.25) is 0 Å². The molecule has 1 atom stereocenters. The molecular weight excluding hydrogens is 192 g/mol. The van der Waals surface area contributed by atoms with Crippen molar-refractivity contribution < 1.29 is 9.59 Å². The Kier molecular flexibility index (Phi) is 6.19. The number of hydrogen-bond donors (Lipinski definition) is 0. The first-order valence-electron chi connectivity index (χ1n) is 4.80. The Morgan fingerprint density at radius 2 is 2.00 bits per heavy atom. The Hall–Kier alpha value is -1.50. The second kappa shape index (κ2) is 6.88. The second-order valence-electron chi connectivity index (χ2n) is 4.27. The van der Waals surface area contributed by atoms with Gasteiger partial charge in [-0.25, -0.2) is 14.6 Å². The van der Waals surface area contributed by atoms with Crippen molar-refractivity contribution in [2.24, 2.45) is 21.3 Å². The first-order valence-corrected chi connectivity index (χ1v) is 4.80. The summed E-state index contributed by atoms with van der Waals surface area (Å²) in [4.78, 5) is 26.7. The molecule has 0 aliphatic heterocycles. The van der Waals surface area contributed by atoms with E-state index < -0.39 is 0 Å². The minimum atomic E-state index is -0.0713. The maximum Gasteiger partial charge on any atom is 0.239 e. The highest BCUT2D eigenvalue weighted by Gasteiger charge is 2.17. The van der Waals surface area contributed by atoms with Gasteiger partial charge in [0.2, 0.25) is 12.2 Å². The predicted octanol–water partition coefficient (Wildman–Crippen LogP) is 2.22. The van der Waals surface area contributed by atoms with E-state index in [2.05, 4.69) is 9.98 Å². The Balaban J connectivity index is 4.22. The summed E-state index contributed by atoms with van der Waals surface area (Å²) in [5.41, 5.74) is -0.0713. The van der Waals surface area contributed by atoms with Gasteiger partial charge in [0.15, 0.2) is 0 Å². The number of carbonyl (C=O) groups excluding carboxylic acids is 2. The van der Waals surface area contributed by atoms with Gasteiger partial charge < -0.3 is 0 Å². The maximum atomic E-state index is 9.92. The Labute approximate surface area is 89.8 Å². The van der Waals surface area contributed by atoms with Crippen LogP contribution in [0.4, 0.5) is 0 Å². The number of hydrogen-bond acceptors (Lipinski definition) is 4. The van der Waals surface area contributed by atoms with E-state index >= 15 is 0 Å². The highest BCUT2D eigenvalue weighted by molar-refractivity contribution is 5.34. The Morgan fingerprint density at radius 1 is 1.33 bits per heavy atom. The van der Waals surface area contributed by atoms with E-state index in [1.54, 1.807) is 0 Å². The molecule has 0 aliphatic carbocycles. The van der Waals surface area contributed by atoms with Gasteiger partial charge >= 0.3 is 0 Å². The summed E-state index contributed by atoms with van der Waals surface area (Å²) in [6, 6.07) is 0. The standard InChI is InChI=1S/C11H16N2O2/c1-10(7-13-9-15)6-11(2,3)4-5-12-8-14/h4-5,10H,6-7H2,1-3H3/b5-4+. The highest BCUT2D eigenvalue weighted by atomic mass is 16.1. The quantitative estimate of drug-likeness (QED) is 0.496. The predicted molar refractivity (Wildman–Crippen MR) is 57.8 cm³/mol. The summed E-state index contributed by atoms with van der Waals surface area (Å²) < 4.78 is 0. The molecule has 0 heterocycles. The van der Waals surface area contributed by atoms with Crippen molar-refractivity contribution in [3.05, 3.63) is 12.3 Å². The molecule has 0 aliphatic rings. The molecule has 0 spiro atoms. The zero-order valence-corrected chi connectivity index (χ0v) is 9.36. The van der Waals surface area contributed by atoms with Crippen molar-refractivity contribution in [2.45, 2.75) is 27.2 Å². The van der Waals surface area contributed by atoms with Crippen LogP contribution in [0.5, 0.6) is 0 Å².